The highest BCUT2D eigenvalue weighted by molar-refractivity contribution is 7.80. The minimum Gasteiger partial charge on any atom is -0.451 e. The molecule has 3 aromatic rings. The number of nitrogens with zero attached hydrogens (tertiary/aromatic N) is 5. The molecule has 3 heterocycles. The molecule has 13 heteroatoms. The summed E-state index contributed by atoms with van der Waals surface area (Å²) in [6.07, 6.45) is 3.18. The Hall–Kier alpha value is -4.52. The van der Waals surface area contributed by atoms with Gasteiger partial charge in [0.1, 0.15) is 11.4 Å². The molecule has 2 aliphatic rings. The summed E-state index contributed by atoms with van der Waals surface area (Å²) in [5, 5.41) is 25.9. The lowest BCUT2D eigenvalue weighted by molar-refractivity contribution is -0.384. The summed E-state index contributed by atoms with van der Waals surface area (Å²) < 4.78 is 5.62. The van der Waals surface area contributed by atoms with E-state index < -0.39 is 10.8 Å². The van der Waals surface area contributed by atoms with Crippen LogP contribution in [0.25, 0.3) is 11.3 Å². The number of thiocarbonyl (C=S) groups is 1. The third-order valence-electron chi connectivity index (χ3n) is 7.20. The Morgan fingerprint density at radius 2 is 1.52 bits per heavy atom. The molecule has 2 fully saturated rings. The summed E-state index contributed by atoms with van der Waals surface area (Å²) in [7, 11) is 0. The molecule has 2 aliphatic heterocycles. The molecule has 2 saturated heterocycles. The van der Waals surface area contributed by atoms with Crippen LogP contribution in [0.4, 0.5) is 22.7 Å². The van der Waals surface area contributed by atoms with Crippen molar-refractivity contribution in [2.75, 3.05) is 49.1 Å². The minimum absolute atomic E-state index is 0.00902. The monoisotopic (exact) mass is 564 g/mol. The Morgan fingerprint density at radius 3 is 2.23 bits per heavy atom. The van der Waals surface area contributed by atoms with E-state index in [2.05, 4.69) is 15.1 Å². The van der Waals surface area contributed by atoms with E-state index in [1.165, 1.54) is 18.2 Å². The van der Waals surface area contributed by atoms with Gasteiger partial charge in [-0.3, -0.25) is 30.3 Å². The number of nitro groups is 2. The van der Waals surface area contributed by atoms with Crippen LogP contribution in [0.15, 0.2) is 59.0 Å². The number of hydrogen-bond donors (Lipinski definition) is 1. The van der Waals surface area contributed by atoms with Crippen LogP contribution in [-0.4, -0.2) is 65.0 Å². The number of hydrogen-bond acceptors (Lipinski definition) is 9. The molecule has 0 bridgehead atoms. The Balaban J connectivity index is 1.20. The Labute approximate surface area is 235 Å². The molecule has 0 radical (unpaired) electrons. The van der Waals surface area contributed by atoms with Crippen LogP contribution in [0.2, 0.25) is 0 Å². The molecule has 208 valence electrons. The van der Waals surface area contributed by atoms with Gasteiger partial charge < -0.3 is 19.1 Å². The van der Waals surface area contributed by atoms with Crippen molar-refractivity contribution in [2.45, 2.75) is 19.3 Å². The van der Waals surface area contributed by atoms with Gasteiger partial charge in [0.2, 0.25) is 0 Å². The topological polar surface area (TPSA) is 138 Å². The molecule has 5 rings (SSSR count). The smallest absolute Gasteiger partial charge is 0.293 e. The molecule has 0 unspecified atom stereocenters. The fourth-order valence-electron chi connectivity index (χ4n) is 5.10. The van der Waals surface area contributed by atoms with Crippen molar-refractivity contribution in [3.05, 3.63) is 80.6 Å². The molecule has 0 aliphatic carbocycles. The number of anilines is 2. The molecule has 0 saturated carbocycles. The predicted octanol–water partition coefficient (Wildman–Crippen LogP) is 4.59. The average molecular weight is 565 g/mol. The summed E-state index contributed by atoms with van der Waals surface area (Å²) in [4.78, 5) is 41.1. The molecule has 1 amide bonds. The number of carbonyl (C=O) groups is 1. The van der Waals surface area contributed by atoms with Crippen molar-refractivity contribution in [2.24, 2.45) is 0 Å². The lowest BCUT2D eigenvalue weighted by Gasteiger charge is -2.37. The van der Waals surface area contributed by atoms with Crippen LogP contribution in [0.5, 0.6) is 0 Å². The first-order valence-electron chi connectivity index (χ1n) is 13.0. The van der Waals surface area contributed by atoms with Crippen molar-refractivity contribution in [1.82, 2.24) is 10.2 Å². The van der Waals surface area contributed by atoms with Crippen molar-refractivity contribution in [1.29, 1.82) is 0 Å². The lowest BCUT2D eigenvalue weighted by Crippen LogP contribution is -2.52. The number of piperazine rings is 1. The van der Waals surface area contributed by atoms with E-state index in [0.29, 0.717) is 31.9 Å². The lowest BCUT2D eigenvalue weighted by atomic mass is 10.1. The van der Waals surface area contributed by atoms with Gasteiger partial charge in [0.05, 0.1) is 15.4 Å². The minimum atomic E-state index is -0.543. The van der Waals surface area contributed by atoms with Gasteiger partial charge in [0.15, 0.2) is 10.9 Å². The van der Waals surface area contributed by atoms with Crippen LogP contribution >= 0.6 is 12.2 Å². The summed E-state index contributed by atoms with van der Waals surface area (Å²) >= 11 is 5.48. The predicted molar refractivity (Wildman–Crippen MR) is 154 cm³/mol. The molecule has 2 aromatic carbocycles. The second-order valence-corrected chi connectivity index (χ2v) is 10.0. The fourth-order valence-corrected chi connectivity index (χ4v) is 5.38. The third-order valence-corrected chi connectivity index (χ3v) is 7.56. The van der Waals surface area contributed by atoms with E-state index in [-0.39, 0.29) is 38.5 Å². The maximum absolute atomic E-state index is 12.8. The summed E-state index contributed by atoms with van der Waals surface area (Å²) in [5.74, 6) is -0.340. The fraction of sp³-hybridized carbons (Fsp3) is 0.333. The van der Waals surface area contributed by atoms with Crippen molar-refractivity contribution < 1.29 is 19.1 Å². The second kappa shape index (κ2) is 11.7. The molecular formula is C27H28N6O6S. The van der Waals surface area contributed by atoms with E-state index in [1.54, 1.807) is 30.3 Å². The van der Waals surface area contributed by atoms with Crippen LogP contribution in [-0.2, 0) is 0 Å². The van der Waals surface area contributed by atoms with Crippen LogP contribution in [0, 0.1) is 20.2 Å². The summed E-state index contributed by atoms with van der Waals surface area (Å²) in [5.41, 5.74) is 1.86. The normalized spacial score (nSPS) is 15.6. The first-order valence-corrected chi connectivity index (χ1v) is 13.4. The Bertz CT molecular complexity index is 1440. The van der Waals surface area contributed by atoms with Gasteiger partial charge in [-0.05, 0) is 61.8 Å². The van der Waals surface area contributed by atoms with Crippen molar-refractivity contribution in [3.63, 3.8) is 0 Å². The standard InChI is InChI=1S/C27H28N6O6S/c34-26(25-11-10-24(39-25)20-6-2-3-7-21(20)32(35)36)28-27(40)31-16-14-29(15-17-31)19-8-9-22(33(37)38)23(18-19)30-12-4-1-5-13-30/h2-3,6-11,18H,1,4-5,12-17H2,(H,28,34,40). The average Bonchev–Trinajstić information content (AvgIpc) is 3.48. The van der Waals surface area contributed by atoms with Crippen LogP contribution < -0.4 is 15.1 Å². The highest BCUT2D eigenvalue weighted by atomic mass is 32.1. The molecule has 1 N–H and O–H groups in total. The van der Waals surface area contributed by atoms with Gasteiger partial charge in [-0.15, -0.1) is 0 Å². The SMILES string of the molecule is O=C(NC(=S)N1CCN(c2ccc([N+](=O)[O-])c(N3CCCCC3)c2)CC1)c1ccc(-c2ccccc2[N+](=O)[O-])o1. The summed E-state index contributed by atoms with van der Waals surface area (Å²) in [6.45, 7) is 3.96. The molecule has 0 atom stereocenters. The van der Waals surface area contributed by atoms with Gasteiger partial charge >= 0.3 is 0 Å². The van der Waals surface area contributed by atoms with Gasteiger partial charge in [-0.25, -0.2) is 0 Å². The number of nitro benzene ring substituents is 2. The van der Waals surface area contributed by atoms with E-state index in [9.17, 15) is 25.0 Å². The van der Waals surface area contributed by atoms with E-state index in [0.717, 1.165) is 38.0 Å². The quantitative estimate of drug-likeness (QED) is 0.257. The number of furan rings is 1. The van der Waals surface area contributed by atoms with Crippen molar-refractivity contribution in [3.8, 4) is 11.3 Å². The molecule has 1 aromatic heterocycles. The maximum atomic E-state index is 12.8. The van der Waals surface area contributed by atoms with E-state index in [1.807, 2.05) is 11.0 Å². The number of amides is 1. The Morgan fingerprint density at radius 1 is 0.825 bits per heavy atom. The second-order valence-electron chi connectivity index (χ2n) is 9.65. The van der Waals surface area contributed by atoms with Gasteiger partial charge in [-0.1, -0.05) is 12.1 Å². The number of benzene rings is 2. The summed E-state index contributed by atoms with van der Waals surface area (Å²) in [6, 6.07) is 14.4. The first kappa shape index (κ1) is 27.1. The highest BCUT2D eigenvalue weighted by Crippen LogP contribution is 2.35. The number of carbonyl (C=O) groups excluding carboxylic acids is 1. The largest absolute Gasteiger partial charge is 0.451 e. The van der Waals surface area contributed by atoms with Crippen LogP contribution in [0.3, 0.4) is 0 Å². The number of nitrogens with one attached hydrogen (secondary N) is 1. The molecule has 0 spiro atoms. The number of para-hydroxylation sites is 1. The zero-order valence-corrected chi connectivity index (χ0v) is 22.5. The van der Waals surface area contributed by atoms with Gasteiger partial charge in [-0.2, -0.15) is 0 Å². The Kier molecular flexibility index (Phi) is 7.91. The number of rotatable bonds is 6. The van der Waals surface area contributed by atoms with Crippen LogP contribution in [0.1, 0.15) is 29.8 Å². The maximum Gasteiger partial charge on any atom is 0.293 e. The highest BCUT2D eigenvalue weighted by Gasteiger charge is 2.26. The zero-order chi connectivity index (χ0) is 28.2. The van der Waals surface area contributed by atoms with Gasteiger partial charge in [0.25, 0.3) is 17.3 Å². The third kappa shape index (κ3) is 5.73. The molecular weight excluding hydrogens is 536 g/mol. The van der Waals surface area contributed by atoms with Crippen molar-refractivity contribution >= 4 is 46.0 Å². The first-order chi connectivity index (χ1) is 19.3. The number of piperidine rings is 1. The van der Waals surface area contributed by atoms with E-state index in [4.69, 9.17) is 16.6 Å². The zero-order valence-electron chi connectivity index (χ0n) is 21.7. The van der Waals surface area contributed by atoms with E-state index >= 15 is 0 Å². The van der Waals surface area contributed by atoms with Gasteiger partial charge in [0, 0.05) is 57.1 Å². The molecule has 40 heavy (non-hydrogen) atoms. The molecule has 12 nitrogen and oxygen atoms in total.